The number of nitrogens with one attached hydrogen (secondary N) is 1. The molecular formula is C18H24N2O6. The second kappa shape index (κ2) is 9.17. The van der Waals surface area contributed by atoms with Crippen molar-refractivity contribution in [2.24, 2.45) is 5.92 Å². The first-order valence-corrected chi connectivity index (χ1v) is 8.78. The Balaban J connectivity index is 1.90. The summed E-state index contributed by atoms with van der Waals surface area (Å²) in [5.41, 5.74) is -0.318. The van der Waals surface area contributed by atoms with Gasteiger partial charge in [-0.25, -0.2) is 4.79 Å². The average Bonchev–Trinajstić information content (AvgIpc) is 2.62. The highest BCUT2D eigenvalue weighted by Gasteiger charge is 2.22. The summed E-state index contributed by atoms with van der Waals surface area (Å²) in [7, 11) is 0. The molecule has 1 fully saturated rings. The third-order valence-corrected chi connectivity index (χ3v) is 4.41. The van der Waals surface area contributed by atoms with Crippen LogP contribution >= 0.6 is 0 Å². The molecule has 0 aliphatic heterocycles. The van der Waals surface area contributed by atoms with Crippen LogP contribution in [0.1, 0.15) is 49.9 Å². The maximum absolute atomic E-state index is 12.1. The number of carbonyl (C=O) groups is 2. The fourth-order valence-electron chi connectivity index (χ4n) is 2.95. The highest BCUT2D eigenvalue weighted by molar-refractivity contribution is 5.92. The summed E-state index contributed by atoms with van der Waals surface area (Å²) in [6.45, 7) is 3.75. The molecule has 1 aromatic rings. The molecule has 1 aliphatic carbocycles. The highest BCUT2D eigenvalue weighted by atomic mass is 16.6. The molecule has 0 spiro atoms. The minimum Gasteiger partial charge on any atom is -0.487 e. The van der Waals surface area contributed by atoms with Crippen LogP contribution in [-0.4, -0.2) is 36.1 Å². The maximum Gasteiger partial charge on any atom is 0.338 e. The Kier molecular flexibility index (Phi) is 6.94. The number of amides is 1. The predicted molar refractivity (Wildman–Crippen MR) is 94.1 cm³/mol. The van der Waals surface area contributed by atoms with E-state index < -0.39 is 17.5 Å². The third kappa shape index (κ3) is 5.44. The van der Waals surface area contributed by atoms with Gasteiger partial charge in [0.15, 0.2) is 12.4 Å². The number of nitro groups is 1. The summed E-state index contributed by atoms with van der Waals surface area (Å²) in [6.07, 6.45) is 3.99. The predicted octanol–water partition coefficient (Wildman–Crippen LogP) is 2.85. The fourth-order valence-corrected chi connectivity index (χ4v) is 2.95. The summed E-state index contributed by atoms with van der Waals surface area (Å²) >= 11 is 0. The van der Waals surface area contributed by atoms with Crippen LogP contribution in [0.25, 0.3) is 0 Å². The highest BCUT2D eigenvalue weighted by Crippen LogP contribution is 2.28. The van der Waals surface area contributed by atoms with Crippen molar-refractivity contribution in [3.8, 4) is 5.75 Å². The van der Waals surface area contributed by atoms with Crippen LogP contribution in [0.2, 0.25) is 0 Å². The Morgan fingerprint density at radius 2 is 1.96 bits per heavy atom. The van der Waals surface area contributed by atoms with Gasteiger partial charge in [0.25, 0.3) is 5.91 Å². The molecule has 1 amide bonds. The number of carbonyl (C=O) groups excluding carboxylic acids is 2. The molecule has 8 nitrogen and oxygen atoms in total. The number of hydrogen-bond acceptors (Lipinski definition) is 6. The van der Waals surface area contributed by atoms with Crippen LogP contribution in [-0.2, 0) is 9.53 Å². The molecule has 1 N–H and O–H groups in total. The molecule has 8 heteroatoms. The molecule has 0 heterocycles. The van der Waals surface area contributed by atoms with Crippen LogP contribution in [0.4, 0.5) is 5.69 Å². The number of esters is 1. The summed E-state index contributed by atoms with van der Waals surface area (Å²) in [6, 6.07) is 3.93. The van der Waals surface area contributed by atoms with Crippen LogP contribution in [0, 0.1) is 16.0 Å². The number of benzene rings is 1. The maximum atomic E-state index is 12.1. The molecule has 1 saturated carbocycles. The molecule has 0 aromatic heterocycles. The summed E-state index contributed by atoms with van der Waals surface area (Å²) < 4.78 is 10.1. The first kappa shape index (κ1) is 19.7. The Morgan fingerprint density at radius 3 is 2.58 bits per heavy atom. The Hall–Kier alpha value is -2.64. The molecule has 0 radical (unpaired) electrons. The Labute approximate surface area is 152 Å². The van der Waals surface area contributed by atoms with E-state index in [4.69, 9.17) is 9.47 Å². The molecule has 1 aliphatic rings. The number of nitro benzene ring substituents is 1. The van der Waals surface area contributed by atoms with Crippen molar-refractivity contribution in [3.05, 3.63) is 33.9 Å². The first-order valence-electron chi connectivity index (χ1n) is 8.78. The molecule has 26 heavy (non-hydrogen) atoms. The number of nitrogens with zero attached hydrogens (tertiary/aromatic N) is 1. The molecule has 142 valence electrons. The minimum absolute atomic E-state index is 0.000515. The lowest BCUT2D eigenvalue weighted by Crippen LogP contribution is -2.39. The zero-order valence-electron chi connectivity index (χ0n) is 15.0. The van der Waals surface area contributed by atoms with E-state index in [1.165, 1.54) is 12.1 Å². The topological polar surface area (TPSA) is 108 Å². The van der Waals surface area contributed by atoms with Crippen LogP contribution in [0.3, 0.4) is 0 Å². The van der Waals surface area contributed by atoms with Gasteiger partial charge in [-0.3, -0.25) is 14.9 Å². The first-order chi connectivity index (χ1) is 12.4. The van der Waals surface area contributed by atoms with E-state index in [9.17, 15) is 19.7 Å². The van der Waals surface area contributed by atoms with Gasteiger partial charge in [0.05, 0.1) is 17.1 Å². The van der Waals surface area contributed by atoms with E-state index in [1.54, 1.807) is 6.92 Å². The lowest BCUT2D eigenvalue weighted by Gasteiger charge is -2.26. The number of ether oxygens (including phenoxy) is 2. The van der Waals surface area contributed by atoms with Crippen molar-refractivity contribution in [3.63, 3.8) is 0 Å². The molecule has 0 bridgehead atoms. The van der Waals surface area contributed by atoms with Crippen molar-refractivity contribution < 1.29 is 24.0 Å². The van der Waals surface area contributed by atoms with Gasteiger partial charge < -0.3 is 14.8 Å². The minimum atomic E-state index is -0.788. The quantitative estimate of drug-likeness (QED) is 0.453. The van der Waals surface area contributed by atoms with Crippen molar-refractivity contribution >= 4 is 17.6 Å². The molecular weight excluding hydrogens is 340 g/mol. The van der Waals surface area contributed by atoms with Gasteiger partial charge in [0.1, 0.15) is 0 Å². The SMILES string of the molecule is CCOc1ccc(C(=O)OCC(=O)NC2CCC(C)CC2)cc1[N+](=O)[O-]. The van der Waals surface area contributed by atoms with Crippen LogP contribution < -0.4 is 10.1 Å². The lowest BCUT2D eigenvalue weighted by atomic mass is 9.87. The third-order valence-electron chi connectivity index (χ3n) is 4.41. The zero-order valence-corrected chi connectivity index (χ0v) is 15.0. The molecule has 0 unspecified atom stereocenters. The monoisotopic (exact) mass is 364 g/mol. The van der Waals surface area contributed by atoms with Gasteiger partial charge >= 0.3 is 11.7 Å². The van der Waals surface area contributed by atoms with E-state index in [2.05, 4.69) is 12.2 Å². The standard InChI is InChI=1S/C18H24N2O6/c1-3-25-16-9-6-13(10-15(16)20(23)24)18(22)26-11-17(21)19-14-7-4-12(2)5-8-14/h6,9-10,12,14H,3-5,7-8,11H2,1-2H3,(H,19,21). The van der Waals surface area contributed by atoms with E-state index >= 15 is 0 Å². The largest absolute Gasteiger partial charge is 0.487 e. The summed E-state index contributed by atoms with van der Waals surface area (Å²) in [4.78, 5) is 34.5. The van der Waals surface area contributed by atoms with Crippen molar-refractivity contribution in [1.29, 1.82) is 0 Å². The summed E-state index contributed by atoms with van der Waals surface area (Å²) in [5.74, 6) is -0.392. The molecule has 0 atom stereocenters. The van der Waals surface area contributed by atoms with Crippen LogP contribution in [0.15, 0.2) is 18.2 Å². The van der Waals surface area contributed by atoms with Gasteiger partial charge in [0, 0.05) is 12.1 Å². The second-order valence-electron chi connectivity index (χ2n) is 6.47. The second-order valence-corrected chi connectivity index (χ2v) is 6.47. The fraction of sp³-hybridized carbons (Fsp3) is 0.556. The molecule has 2 rings (SSSR count). The lowest BCUT2D eigenvalue weighted by molar-refractivity contribution is -0.385. The zero-order chi connectivity index (χ0) is 19.1. The van der Waals surface area contributed by atoms with Crippen molar-refractivity contribution in [2.45, 2.75) is 45.6 Å². The molecule has 0 saturated heterocycles. The number of rotatable bonds is 7. The van der Waals surface area contributed by atoms with E-state index in [0.717, 1.165) is 31.7 Å². The van der Waals surface area contributed by atoms with Gasteiger partial charge in [0.2, 0.25) is 0 Å². The average molecular weight is 364 g/mol. The normalized spacial score (nSPS) is 19.5. The van der Waals surface area contributed by atoms with Crippen LogP contribution in [0.5, 0.6) is 5.75 Å². The Morgan fingerprint density at radius 1 is 1.27 bits per heavy atom. The van der Waals surface area contributed by atoms with Gasteiger partial charge in [-0.2, -0.15) is 0 Å². The smallest absolute Gasteiger partial charge is 0.338 e. The summed E-state index contributed by atoms with van der Waals surface area (Å²) in [5, 5.41) is 13.9. The van der Waals surface area contributed by atoms with Gasteiger partial charge in [-0.05, 0) is 50.7 Å². The Bertz CT molecular complexity index is 668. The van der Waals surface area contributed by atoms with E-state index in [-0.39, 0.29) is 35.6 Å². The van der Waals surface area contributed by atoms with Crippen molar-refractivity contribution in [2.75, 3.05) is 13.2 Å². The molecule has 1 aromatic carbocycles. The van der Waals surface area contributed by atoms with Gasteiger partial charge in [-0.15, -0.1) is 0 Å². The van der Waals surface area contributed by atoms with Gasteiger partial charge in [-0.1, -0.05) is 6.92 Å². The van der Waals surface area contributed by atoms with Crippen molar-refractivity contribution in [1.82, 2.24) is 5.32 Å². The van der Waals surface area contributed by atoms with E-state index in [1.807, 2.05) is 0 Å². The number of hydrogen-bond donors (Lipinski definition) is 1. The van der Waals surface area contributed by atoms with E-state index in [0.29, 0.717) is 5.92 Å².